The van der Waals surface area contributed by atoms with Crippen molar-refractivity contribution in [3.05, 3.63) is 23.8 Å². The fraction of sp³-hybridized carbons (Fsp3) is 0.100. The van der Waals surface area contributed by atoms with Crippen molar-refractivity contribution in [2.24, 2.45) is 0 Å². The van der Waals surface area contributed by atoms with Gasteiger partial charge >= 0.3 is 0 Å². The summed E-state index contributed by atoms with van der Waals surface area (Å²) in [6, 6.07) is 7.95. The molecule has 0 unspecified atom stereocenters. The molecule has 1 heterocycles. The average Bonchev–Trinajstić information content (AvgIpc) is 2.47. The van der Waals surface area contributed by atoms with Crippen LogP contribution in [-0.2, 0) is 6.42 Å². The lowest BCUT2D eigenvalue weighted by Crippen LogP contribution is -1.81. The second-order valence-corrected chi connectivity index (χ2v) is 4.58. The first kappa shape index (κ1) is 9.38. The topological polar surface area (TPSA) is 49.8 Å². The molecule has 14 heavy (non-hydrogen) atoms. The molecule has 0 spiro atoms. The third-order valence-electron chi connectivity index (χ3n) is 1.96. The molecule has 0 atom stereocenters. The average molecular weight is 220 g/mol. The third kappa shape index (κ3) is 1.57. The van der Waals surface area contributed by atoms with Gasteiger partial charge in [0, 0.05) is 9.60 Å². The Morgan fingerprint density at radius 1 is 1.43 bits per heavy atom. The predicted molar refractivity (Wildman–Crippen MR) is 62.8 cm³/mol. The number of benzene rings is 1. The van der Waals surface area contributed by atoms with E-state index in [0.717, 1.165) is 25.5 Å². The summed E-state index contributed by atoms with van der Waals surface area (Å²) in [7, 11) is 0. The van der Waals surface area contributed by atoms with Crippen molar-refractivity contribution >= 4 is 39.1 Å². The number of thiol groups is 1. The molecule has 4 heteroatoms. The number of fused-ring (bicyclic) bond motifs is 1. The van der Waals surface area contributed by atoms with Gasteiger partial charge in [-0.1, -0.05) is 0 Å². The quantitative estimate of drug-likeness (QED) is 0.726. The standard InChI is InChI=1S/C10H8N2S2/c11-2-1-6-3-7-5-9(12)14-10(7)8(13)4-6/h3-5,13H,1,12H2. The van der Waals surface area contributed by atoms with Crippen molar-refractivity contribution in [3.63, 3.8) is 0 Å². The van der Waals surface area contributed by atoms with Gasteiger partial charge < -0.3 is 5.73 Å². The van der Waals surface area contributed by atoms with E-state index in [4.69, 9.17) is 11.0 Å². The lowest BCUT2D eigenvalue weighted by atomic mass is 10.1. The van der Waals surface area contributed by atoms with Crippen LogP contribution in [0.4, 0.5) is 5.00 Å². The van der Waals surface area contributed by atoms with Crippen molar-refractivity contribution in [3.8, 4) is 6.07 Å². The molecule has 0 saturated heterocycles. The number of thiophene rings is 1. The molecule has 0 amide bonds. The minimum Gasteiger partial charge on any atom is -0.391 e. The molecule has 2 rings (SSSR count). The van der Waals surface area contributed by atoms with E-state index in [2.05, 4.69) is 18.7 Å². The molecule has 0 aliphatic rings. The summed E-state index contributed by atoms with van der Waals surface area (Å²) in [6.45, 7) is 0. The Kier molecular flexibility index (Phi) is 2.36. The lowest BCUT2D eigenvalue weighted by molar-refractivity contribution is 1.25. The van der Waals surface area contributed by atoms with Crippen LogP contribution < -0.4 is 5.73 Å². The number of hydrogen-bond donors (Lipinski definition) is 2. The summed E-state index contributed by atoms with van der Waals surface area (Å²) < 4.78 is 1.09. The number of nitrogens with zero attached hydrogens (tertiary/aromatic N) is 1. The van der Waals surface area contributed by atoms with Crippen molar-refractivity contribution in [1.29, 1.82) is 5.26 Å². The Hall–Kier alpha value is -1.18. The van der Waals surface area contributed by atoms with Crippen LogP contribution in [0.15, 0.2) is 23.1 Å². The van der Waals surface area contributed by atoms with Gasteiger partial charge in [-0.3, -0.25) is 0 Å². The fourth-order valence-corrected chi connectivity index (χ4v) is 2.66. The first-order valence-electron chi connectivity index (χ1n) is 4.08. The van der Waals surface area contributed by atoms with Crippen molar-refractivity contribution in [2.45, 2.75) is 11.3 Å². The van der Waals surface area contributed by atoms with E-state index in [1.807, 2.05) is 18.2 Å². The molecule has 70 valence electrons. The Morgan fingerprint density at radius 2 is 2.21 bits per heavy atom. The molecule has 0 fully saturated rings. The molecular weight excluding hydrogens is 212 g/mol. The molecule has 1 aromatic carbocycles. The molecule has 1 aromatic heterocycles. The van der Waals surface area contributed by atoms with E-state index in [1.165, 1.54) is 11.3 Å². The normalized spacial score (nSPS) is 10.3. The highest BCUT2D eigenvalue weighted by Crippen LogP contribution is 2.33. The monoisotopic (exact) mass is 220 g/mol. The summed E-state index contributed by atoms with van der Waals surface area (Å²) in [4.78, 5) is 0.898. The van der Waals surface area contributed by atoms with E-state index >= 15 is 0 Å². The zero-order valence-corrected chi connectivity index (χ0v) is 9.03. The van der Waals surface area contributed by atoms with Crippen molar-refractivity contribution < 1.29 is 0 Å². The zero-order chi connectivity index (χ0) is 10.1. The predicted octanol–water partition coefficient (Wildman–Crippen LogP) is 2.84. The van der Waals surface area contributed by atoms with Gasteiger partial charge in [-0.25, -0.2) is 0 Å². The van der Waals surface area contributed by atoms with Crippen LogP contribution in [0.1, 0.15) is 5.56 Å². The number of rotatable bonds is 1. The summed E-state index contributed by atoms with van der Waals surface area (Å²) in [5.41, 5.74) is 6.69. The maximum absolute atomic E-state index is 8.59. The largest absolute Gasteiger partial charge is 0.391 e. The van der Waals surface area contributed by atoms with Gasteiger partial charge in [-0.2, -0.15) is 5.26 Å². The lowest BCUT2D eigenvalue weighted by Gasteiger charge is -1.98. The number of hydrogen-bond acceptors (Lipinski definition) is 4. The second-order valence-electron chi connectivity index (χ2n) is 3.02. The summed E-state index contributed by atoms with van der Waals surface area (Å²) >= 11 is 5.90. The smallest absolute Gasteiger partial charge is 0.0869 e. The minimum absolute atomic E-state index is 0.416. The van der Waals surface area contributed by atoms with Gasteiger partial charge in [0.15, 0.2) is 0 Å². The van der Waals surface area contributed by atoms with Crippen LogP contribution in [0, 0.1) is 11.3 Å². The maximum Gasteiger partial charge on any atom is 0.0869 e. The SMILES string of the molecule is N#CCc1cc(S)c2sc(N)cc2c1. The van der Waals surface area contributed by atoms with E-state index in [-0.39, 0.29) is 0 Å². The van der Waals surface area contributed by atoms with Crippen LogP contribution in [0.5, 0.6) is 0 Å². The van der Waals surface area contributed by atoms with Crippen LogP contribution in [0.2, 0.25) is 0 Å². The van der Waals surface area contributed by atoms with Crippen LogP contribution in [0.25, 0.3) is 10.1 Å². The summed E-state index contributed by atoms with van der Waals surface area (Å²) in [5, 5.41) is 10.4. The van der Waals surface area contributed by atoms with E-state index < -0.39 is 0 Å². The number of nitrogens with two attached hydrogens (primary N) is 1. The molecule has 0 saturated carbocycles. The van der Waals surface area contributed by atoms with Crippen LogP contribution >= 0.6 is 24.0 Å². The number of nitrogen functional groups attached to an aromatic ring is 1. The highest BCUT2D eigenvalue weighted by Gasteiger charge is 2.04. The molecule has 0 aliphatic carbocycles. The van der Waals surface area contributed by atoms with Gasteiger partial charge in [-0.15, -0.1) is 24.0 Å². The highest BCUT2D eigenvalue weighted by atomic mass is 32.1. The number of nitriles is 1. The van der Waals surface area contributed by atoms with E-state index in [1.54, 1.807) is 0 Å². The van der Waals surface area contributed by atoms with Crippen LogP contribution in [0.3, 0.4) is 0 Å². The highest BCUT2D eigenvalue weighted by molar-refractivity contribution is 7.80. The molecule has 0 radical (unpaired) electrons. The Labute approximate surface area is 91.4 Å². The van der Waals surface area contributed by atoms with Gasteiger partial charge in [-0.05, 0) is 29.1 Å². The van der Waals surface area contributed by atoms with E-state index in [0.29, 0.717) is 6.42 Å². The van der Waals surface area contributed by atoms with Gasteiger partial charge in [0.05, 0.1) is 17.5 Å². The molecule has 0 bridgehead atoms. The first-order valence-corrected chi connectivity index (χ1v) is 5.35. The maximum atomic E-state index is 8.59. The second kappa shape index (κ2) is 3.52. The van der Waals surface area contributed by atoms with Gasteiger partial charge in [0.1, 0.15) is 0 Å². The van der Waals surface area contributed by atoms with Gasteiger partial charge in [0.2, 0.25) is 0 Å². The molecular formula is C10H8N2S2. The molecule has 2 aromatic rings. The summed E-state index contributed by atoms with van der Waals surface area (Å²) in [5.74, 6) is 0. The fourth-order valence-electron chi connectivity index (χ4n) is 1.41. The Morgan fingerprint density at radius 3 is 2.93 bits per heavy atom. The molecule has 0 aliphatic heterocycles. The number of anilines is 1. The zero-order valence-electron chi connectivity index (χ0n) is 7.32. The summed E-state index contributed by atoms with van der Waals surface area (Å²) in [6.07, 6.45) is 0.416. The molecule has 2 nitrogen and oxygen atoms in total. The van der Waals surface area contributed by atoms with E-state index in [9.17, 15) is 0 Å². The van der Waals surface area contributed by atoms with Crippen molar-refractivity contribution in [1.82, 2.24) is 0 Å². The Bertz CT molecular complexity index is 523. The third-order valence-corrected chi connectivity index (χ3v) is 3.48. The first-order chi connectivity index (χ1) is 6.70. The Balaban J connectivity index is 2.66. The van der Waals surface area contributed by atoms with Crippen molar-refractivity contribution in [2.75, 3.05) is 5.73 Å². The minimum atomic E-state index is 0.416. The van der Waals surface area contributed by atoms with Gasteiger partial charge in [0.25, 0.3) is 0 Å². The van der Waals surface area contributed by atoms with Crippen LogP contribution in [-0.4, -0.2) is 0 Å². The molecule has 2 N–H and O–H groups in total.